The number of benzene rings is 1. The molecule has 0 aliphatic carbocycles. The number of hydrogen-bond acceptors (Lipinski definition) is 6. The molecular formula is C17H18N2O5S. The van der Waals surface area contributed by atoms with Crippen molar-refractivity contribution in [3.8, 4) is 0 Å². The van der Waals surface area contributed by atoms with Crippen LogP contribution >= 0.6 is 11.3 Å². The van der Waals surface area contributed by atoms with Gasteiger partial charge in [-0.05, 0) is 37.5 Å². The van der Waals surface area contributed by atoms with Crippen molar-refractivity contribution in [1.29, 1.82) is 0 Å². The number of rotatable bonds is 6. The van der Waals surface area contributed by atoms with E-state index in [-0.39, 0.29) is 5.69 Å². The highest BCUT2D eigenvalue weighted by molar-refractivity contribution is 7.14. The smallest absolute Gasteiger partial charge is 0.348 e. The molecule has 2 rings (SSSR count). The minimum Gasteiger partial charge on any atom is -0.451 e. The molecule has 1 heterocycles. The van der Waals surface area contributed by atoms with Crippen LogP contribution in [-0.2, 0) is 16.0 Å². The van der Waals surface area contributed by atoms with Crippen LogP contribution in [0.2, 0.25) is 0 Å². The van der Waals surface area contributed by atoms with E-state index in [1.165, 1.54) is 23.5 Å². The zero-order valence-corrected chi connectivity index (χ0v) is 14.9. The van der Waals surface area contributed by atoms with Crippen LogP contribution in [0.5, 0.6) is 0 Å². The summed E-state index contributed by atoms with van der Waals surface area (Å²) in [5.41, 5.74) is 1.94. The van der Waals surface area contributed by atoms with Crippen LogP contribution in [0.4, 0.5) is 11.4 Å². The fourth-order valence-electron chi connectivity index (χ4n) is 2.22. The Morgan fingerprint density at radius 2 is 2.00 bits per heavy atom. The Labute approximate surface area is 148 Å². The third-order valence-electron chi connectivity index (χ3n) is 3.64. The minimum atomic E-state index is -0.557. The number of anilines is 1. The van der Waals surface area contributed by atoms with Crippen molar-refractivity contribution in [2.24, 2.45) is 0 Å². The van der Waals surface area contributed by atoms with Crippen LogP contribution < -0.4 is 5.32 Å². The number of aryl methyl sites for hydroxylation is 3. The number of nitrogens with zero attached hydrogens (tertiary/aromatic N) is 1. The van der Waals surface area contributed by atoms with Crippen LogP contribution in [0.3, 0.4) is 0 Å². The first-order chi connectivity index (χ1) is 11.8. The summed E-state index contributed by atoms with van der Waals surface area (Å²) in [6.07, 6.45) is 0.822. The molecule has 0 bridgehead atoms. The Bertz CT molecular complexity index is 828. The van der Waals surface area contributed by atoms with Gasteiger partial charge in [0, 0.05) is 17.0 Å². The molecule has 0 aliphatic heterocycles. The zero-order valence-electron chi connectivity index (χ0n) is 14.1. The lowest BCUT2D eigenvalue weighted by atomic mass is 10.2. The Hall–Kier alpha value is -2.74. The Morgan fingerprint density at radius 1 is 1.28 bits per heavy atom. The number of nitro benzene ring substituents is 1. The highest BCUT2D eigenvalue weighted by Gasteiger charge is 2.16. The number of carbonyl (C=O) groups excluding carboxylic acids is 2. The summed E-state index contributed by atoms with van der Waals surface area (Å²) in [4.78, 5) is 35.7. The molecule has 1 aromatic heterocycles. The van der Waals surface area contributed by atoms with Crippen molar-refractivity contribution in [2.45, 2.75) is 27.2 Å². The summed E-state index contributed by atoms with van der Waals surface area (Å²) < 4.78 is 5.02. The number of nitro groups is 1. The molecule has 0 spiro atoms. The topological polar surface area (TPSA) is 98.5 Å². The number of amides is 1. The maximum atomic E-state index is 12.0. The first-order valence-corrected chi connectivity index (χ1v) is 8.44. The molecular weight excluding hydrogens is 344 g/mol. The molecule has 2 aromatic rings. The molecule has 1 aromatic carbocycles. The van der Waals surface area contributed by atoms with Gasteiger partial charge in [0.15, 0.2) is 6.61 Å². The maximum Gasteiger partial charge on any atom is 0.348 e. The van der Waals surface area contributed by atoms with Gasteiger partial charge >= 0.3 is 5.97 Å². The molecule has 1 N–H and O–H groups in total. The molecule has 0 aliphatic rings. The number of ether oxygens (including phenoxy) is 1. The van der Waals surface area contributed by atoms with Crippen LogP contribution in [0.25, 0.3) is 0 Å². The van der Waals surface area contributed by atoms with Gasteiger partial charge in [-0.25, -0.2) is 4.79 Å². The van der Waals surface area contributed by atoms with Crippen molar-refractivity contribution in [3.63, 3.8) is 0 Å². The van der Waals surface area contributed by atoms with Crippen LogP contribution in [0.1, 0.15) is 32.6 Å². The van der Waals surface area contributed by atoms with E-state index in [1.807, 2.05) is 13.8 Å². The average molecular weight is 362 g/mol. The van der Waals surface area contributed by atoms with Gasteiger partial charge in [0.05, 0.1) is 10.6 Å². The van der Waals surface area contributed by atoms with Gasteiger partial charge in [0.2, 0.25) is 0 Å². The van der Waals surface area contributed by atoms with Crippen LogP contribution in [0.15, 0.2) is 24.3 Å². The van der Waals surface area contributed by atoms with Gasteiger partial charge in [-0.15, -0.1) is 11.3 Å². The zero-order chi connectivity index (χ0) is 18.6. The summed E-state index contributed by atoms with van der Waals surface area (Å²) in [5, 5.41) is 13.3. The maximum absolute atomic E-state index is 12.0. The fourth-order valence-corrected chi connectivity index (χ4v) is 3.23. The third kappa shape index (κ3) is 4.63. The Kier molecular flexibility index (Phi) is 5.87. The normalized spacial score (nSPS) is 10.4. The van der Waals surface area contributed by atoms with E-state index >= 15 is 0 Å². The van der Waals surface area contributed by atoms with Crippen molar-refractivity contribution >= 4 is 34.6 Å². The Morgan fingerprint density at radius 3 is 2.60 bits per heavy atom. The van der Waals surface area contributed by atoms with Gasteiger partial charge in [-0.3, -0.25) is 14.9 Å². The molecule has 0 atom stereocenters. The van der Waals surface area contributed by atoms with E-state index in [2.05, 4.69) is 5.32 Å². The van der Waals surface area contributed by atoms with E-state index in [4.69, 9.17) is 4.74 Å². The third-order valence-corrected chi connectivity index (χ3v) is 4.72. The quantitative estimate of drug-likeness (QED) is 0.481. The standard InChI is InChI=1S/C17H18N2O5S/c1-4-12-7-15(25-11(12)3)17(21)24-9-16(20)18-14-8-13(19(22)23)6-5-10(14)2/h5-8H,4,9H2,1-3H3,(H,18,20). The van der Waals surface area contributed by atoms with Crippen LogP contribution in [0, 0.1) is 24.0 Å². The molecule has 7 nitrogen and oxygen atoms in total. The van der Waals surface area contributed by atoms with Crippen molar-refractivity contribution in [1.82, 2.24) is 0 Å². The molecule has 1 amide bonds. The van der Waals surface area contributed by atoms with Gasteiger partial charge in [-0.1, -0.05) is 13.0 Å². The lowest BCUT2D eigenvalue weighted by molar-refractivity contribution is -0.384. The molecule has 0 saturated heterocycles. The number of esters is 1. The predicted octanol–water partition coefficient (Wildman–Crippen LogP) is 3.63. The van der Waals surface area contributed by atoms with E-state index in [1.54, 1.807) is 19.1 Å². The molecule has 0 unspecified atom stereocenters. The number of non-ortho nitro benzene ring substituents is 1. The largest absolute Gasteiger partial charge is 0.451 e. The predicted molar refractivity (Wildman–Crippen MR) is 95.2 cm³/mol. The number of carbonyl (C=O) groups is 2. The van der Waals surface area contributed by atoms with E-state index in [9.17, 15) is 19.7 Å². The summed E-state index contributed by atoms with van der Waals surface area (Å²) >= 11 is 1.33. The summed E-state index contributed by atoms with van der Waals surface area (Å²) in [7, 11) is 0. The van der Waals surface area contributed by atoms with Gasteiger partial charge < -0.3 is 10.1 Å². The number of hydrogen-bond donors (Lipinski definition) is 1. The van der Waals surface area contributed by atoms with Gasteiger partial charge in [-0.2, -0.15) is 0 Å². The average Bonchev–Trinajstić information content (AvgIpc) is 2.95. The second-order valence-electron chi connectivity index (χ2n) is 5.43. The molecule has 0 fully saturated rings. The van der Waals surface area contributed by atoms with E-state index < -0.39 is 23.4 Å². The van der Waals surface area contributed by atoms with Crippen molar-refractivity contribution in [3.05, 3.63) is 55.3 Å². The Balaban J connectivity index is 1.97. The fraction of sp³-hybridized carbons (Fsp3) is 0.294. The second-order valence-corrected chi connectivity index (χ2v) is 6.68. The number of thiophene rings is 1. The van der Waals surface area contributed by atoms with E-state index in [0.717, 1.165) is 16.9 Å². The van der Waals surface area contributed by atoms with Crippen molar-refractivity contribution in [2.75, 3.05) is 11.9 Å². The highest BCUT2D eigenvalue weighted by atomic mass is 32.1. The molecule has 0 radical (unpaired) electrons. The lowest BCUT2D eigenvalue weighted by Crippen LogP contribution is -2.21. The SMILES string of the molecule is CCc1cc(C(=O)OCC(=O)Nc2cc([N+](=O)[O-])ccc2C)sc1C. The van der Waals surface area contributed by atoms with Crippen LogP contribution in [-0.4, -0.2) is 23.4 Å². The number of nitrogens with one attached hydrogen (secondary N) is 1. The highest BCUT2D eigenvalue weighted by Crippen LogP contribution is 2.23. The minimum absolute atomic E-state index is 0.126. The second kappa shape index (κ2) is 7.89. The van der Waals surface area contributed by atoms with Gasteiger partial charge in [0.1, 0.15) is 4.88 Å². The monoisotopic (exact) mass is 362 g/mol. The molecule has 25 heavy (non-hydrogen) atoms. The lowest BCUT2D eigenvalue weighted by Gasteiger charge is -2.08. The molecule has 8 heteroatoms. The first kappa shape index (κ1) is 18.6. The van der Waals surface area contributed by atoms with Crippen molar-refractivity contribution < 1.29 is 19.2 Å². The first-order valence-electron chi connectivity index (χ1n) is 7.63. The summed E-state index contributed by atoms with van der Waals surface area (Å²) in [5.74, 6) is -1.11. The van der Waals surface area contributed by atoms with E-state index in [0.29, 0.717) is 16.1 Å². The molecule has 132 valence electrons. The summed E-state index contributed by atoms with van der Waals surface area (Å²) in [6, 6.07) is 5.94. The van der Waals surface area contributed by atoms with Gasteiger partial charge in [0.25, 0.3) is 11.6 Å². The molecule has 0 saturated carbocycles. The summed E-state index contributed by atoms with van der Waals surface area (Å²) in [6.45, 7) is 5.18.